The van der Waals surface area contributed by atoms with Gasteiger partial charge in [-0.15, -0.1) is 0 Å². The van der Waals surface area contributed by atoms with Crippen LogP contribution in [-0.4, -0.2) is 31.8 Å². The van der Waals surface area contributed by atoms with E-state index in [9.17, 15) is 9.59 Å². The quantitative estimate of drug-likeness (QED) is 0.749. The van der Waals surface area contributed by atoms with E-state index in [-0.39, 0.29) is 16.9 Å². The van der Waals surface area contributed by atoms with E-state index in [1.165, 1.54) is 10.9 Å². The molecular weight excluding hydrogens is 342 g/mol. The van der Waals surface area contributed by atoms with Gasteiger partial charge < -0.3 is 9.88 Å². The maximum Gasteiger partial charge on any atom is 0.260 e. The fourth-order valence-corrected chi connectivity index (χ4v) is 3.44. The minimum atomic E-state index is -0.140. The Morgan fingerprint density at radius 3 is 2.70 bits per heavy atom. The summed E-state index contributed by atoms with van der Waals surface area (Å²) in [6.45, 7) is 5.49. The van der Waals surface area contributed by atoms with Crippen molar-refractivity contribution in [2.75, 3.05) is 6.54 Å². The van der Waals surface area contributed by atoms with Gasteiger partial charge in [0.05, 0.1) is 22.9 Å². The van der Waals surface area contributed by atoms with E-state index >= 15 is 0 Å². The molecule has 0 radical (unpaired) electrons. The third kappa shape index (κ3) is 3.37. The molecule has 0 atom stereocenters. The van der Waals surface area contributed by atoms with Crippen molar-refractivity contribution in [1.82, 2.24) is 24.6 Å². The second-order valence-corrected chi connectivity index (χ2v) is 7.66. The van der Waals surface area contributed by atoms with Crippen molar-refractivity contribution in [2.24, 2.45) is 12.5 Å². The summed E-state index contributed by atoms with van der Waals surface area (Å²) in [7, 11) is 1.66. The third-order valence-corrected chi connectivity index (χ3v) is 5.35. The minimum Gasteiger partial charge on any atom is -0.351 e. The van der Waals surface area contributed by atoms with Gasteiger partial charge in [0.1, 0.15) is 0 Å². The first-order chi connectivity index (χ1) is 12.9. The number of amides is 1. The molecule has 0 spiro atoms. The van der Waals surface area contributed by atoms with Crippen LogP contribution in [0, 0.1) is 19.3 Å². The number of hydrogen-bond donors (Lipinski definition) is 1. The van der Waals surface area contributed by atoms with Crippen LogP contribution in [0.25, 0.3) is 10.9 Å². The van der Waals surface area contributed by atoms with Crippen LogP contribution >= 0.6 is 0 Å². The van der Waals surface area contributed by atoms with Gasteiger partial charge in [-0.2, -0.15) is 5.10 Å². The van der Waals surface area contributed by atoms with Crippen LogP contribution in [0.3, 0.4) is 0 Å². The first-order valence-electron chi connectivity index (χ1n) is 9.12. The summed E-state index contributed by atoms with van der Waals surface area (Å²) in [5.41, 5.74) is 3.19. The lowest BCUT2D eigenvalue weighted by atomic mass is 10.1. The molecule has 140 valence electrons. The maximum atomic E-state index is 12.6. The van der Waals surface area contributed by atoms with Crippen molar-refractivity contribution in [3.05, 3.63) is 57.9 Å². The van der Waals surface area contributed by atoms with E-state index in [4.69, 9.17) is 0 Å². The van der Waals surface area contributed by atoms with Crippen LogP contribution in [0.1, 0.15) is 34.6 Å². The van der Waals surface area contributed by atoms with Gasteiger partial charge in [-0.25, -0.2) is 4.98 Å². The third-order valence-electron chi connectivity index (χ3n) is 5.35. The highest BCUT2D eigenvalue weighted by Crippen LogP contribution is 2.46. The van der Waals surface area contributed by atoms with Crippen LogP contribution in [0.4, 0.5) is 0 Å². The van der Waals surface area contributed by atoms with Crippen LogP contribution in [0.2, 0.25) is 0 Å². The first-order valence-corrected chi connectivity index (χ1v) is 9.12. The molecule has 2 aromatic heterocycles. The average molecular weight is 365 g/mol. The van der Waals surface area contributed by atoms with Gasteiger partial charge in [-0.3, -0.25) is 14.3 Å². The second-order valence-electron chi connectivity index (χ2n) is 7.66. The Hall–Kier alpha value is -2.96. The van der Waals surface area contributed by atoms with Crippen LogP contribution in [0.5, 0.6) is 0 Å². The molecule has 0 aliphatic heterocycles. The number of carbonyl (C=O) groups is 1. The van der Waals surface area contributed by atoms with Crippen molar-refractivity contribution in [1.29, 1.82) is 0 Å². The number of fused-ring (bicyclic) bond motifs is 1. The van der Waals surface area contributed by atoms with Crippen molar-refractivity contribution in [2.45, 2.75) is 33.2 Å². The number of nitrogens with one attached hydrogen (secondary N) is 1. The summed E-state index contributed by atoms with van der Waals surface area (Å²) in [6.07, 6.45) is 3.64. The number of benzene rings is 1. The van der Waals surface area contributed by atoms with Crippen molar-refractivity contribution in [3.63, 3.8) is 0 Å². The molecule has 1 N–H and O–H groups in total. The highest BCUT2D eigenvalue weighted by molar-refractivity contribution is 5.97. The van der Waals surface area contributed by atoms with Crippen molar-refractivity contribution < 1.29 is 4.79 Å². The molecule has 0 unspecified atom stereocenters. The Balaban J connectivity index is 1.46. The fraction of sp³-hybridized carbons (Fsp3) is 0.400. The van der Waals surface area contributed by atoms with Gasteiger partial charge in [0.25, 0.3) is 11.5 Å². The molecule has 1 amide bonds. The number of carbonyl (C=O) groups excluding carboxylic acids is 1. The molecule has 1 aromatic carbocycles. The van der Waals surface area contributed by atoms with Crippen molar-refractivity contribution in [3.8, 4) is 0 Å². The summed E-state index contributed by atoms with van der Waals surface area (Å²) in [4.78, 5) is 28.9. The largest absolute Gasteiger partial charge is 0.351 e. The highest BCUT2D eigenvalue weighted by Gasteiger charge is 2.43. The molecule has 1 saturated carbocycles. The van der Waals surface area contributed by atoms with E-state index in [0.717, 1.165) is 30.8 Å². The number of hydrogen-bond acceptors (Lipinski definition) is 4. The summed E-state index contributed by atoms with van der Waals surface area (Å²) >= 11 is 0. The summed E-state index contributed by atoms with van der Waals surface area (Å²) in [5.74, 6) is -0.140. The van der Waals surface area contributed by atoms with E-state index in [2.05, 4.69) is 28.4 Å². The smallest absolute Gasteiger partial charge is 0.260 e. The van der Waals surface area contributed by atoms with Gasteiger partial charge in [0.2, 0.25) is 0 Å². The van der Waals surface area contributed by atoms with Crippen LogP contribution < -0.4 is 10.9 Å². The lowest BCUT2D eigenvalue weighted by Gasteiger charge is -2.17. The fourth-order valence-electron chi connectivity index (χ4n) is 3.44. The zero-order valence-corrected chi connectivity index (χ0v) is 15.8. The normalized spacial score (nSPS) is 15.1. The predicted octanol–water partition coefficient (Wildman–Crippen LogP) is 1.96. The molecule has 7 heteroatoms. The predicted molar refractivity (Wildman–Crippen MR) is 103 cm³/mol. The Kier molecular flexibility index (Phi) is 4.09. The van der Waals surface area contributed by atoms with Gasteiger partial charge >= 0.3 is 0 Å². The average Bonchev–Trinajstić information content (AvgIpc) is 3.34. The molecule has 3 aromatic rings. The Morgan fingerprint density at radius 2 is 2.04 bits per heavy atom. The summed E-state index contributed by atoms with van der Waals surface area (Å²) in [6, 6.07) is 7.09. The Bertz CT molecular complexity index is 1090. The molecule has 0 saturated heterocycles. The monoisotopic (exact) mass is 365 g/mol. The second kappa shape index (κ2) is 6.33. The van der Waals surface area contributed by atoms with Gasteiger partial charge in [0, 0.05) is 36.8 Å². The first kappa shape index (κ1) is 17.5. The SMILES string of the molecule is Cc1cc(C)n(CC2(CNC(=O)c3ccc4c(=O)n(C)cnc4c3)CC2)n1. The van der Waals surface area contributed by atoms with Gasteiger partial charge in [-0.1, -0.05) is 0 Å². The number of aromatic nitrogens is 4. The van der Waals surface area contributed by atoms with E-state index < -0.39 is 0 Å². The van der Waals surface area contributed by atoms with E-state index in [0.29, 0.717) is 23.0 Å². The zero-order chi connectivity index (χ0) is 19.2. The highest BCUT2D eigenvalue weighted by atomic mass is 16.1. The molecule has 1 aliphatic rings. The number of rotatable bonds is 5. The van der Waals surface area contributed by atoms with Gasteiger partial charge in [0.15, 0.2) is 0 Å². The Labute approximate surface area is 157 Å². The molecule has 2 heterocycles. The zero-order valence-electron chi connectivity index (χ0n) is 15.8. The molecule has 27 heavy (non-hydrogen) atoms. The summed E-state index contributed by atoms with van der Waals surface area (Å²) in [5, 5.41) is 8.10. The molecule has 0 bridgehead atoms. The number of nitrogens with zero attached hydrogens (tertiary/aromatic N) is 4. The molecule has 4 rings (SSSR count). The Morgan fingerprint density at radius 1 is 1.26 bits per heavy atom. The lowest BCUT2D eigenvalue weighted by molar-refractivity contribution is 0.0942. The van der Waals surface area contributed by atoms with E-state index in [1.54, 1.807) is 25.2 Å². The molecular formula is C20H23N5O2. The van der Waals surface area contributed by atoms with Crippen molar-refractivity contribution >= 4 is 16.8 Å². The van der Waals surface area contributed by atoms with Crippen LogP contribution in [-0.2, 0) is 13.6 Å². The standard InChI is InChI=1S/C20H23N5O2/c1-13-8-14(2)25(23-13)11-20(6-7-20)10-21-18(26)15-4-5-16-17(9-15)22-12-24(3)19(16)27/h4-5,8-9,12H,6-7,10-11H2,1-3H3,(H,21,26). The number of aryl methyl sites for hydroxylation is 3. The molecule has 1 fully saturated rings. The minimum absolute atomic E-state index is 0.0872. The lowest BCUT2D eigenvalue weighted by Crippen LogP contribution is -2.32. The van der Waals surface area contributed by atoms with Gasteiger partial charge in [-0.05, 0) is 51.0 Å². The molecule has 1 aliphatic carbocycles. The topological polar surface area (TPSA) is 81.8 Å². The maximum absolute atomic E-state index is 12.6. The summed E-state index contributed by atoms with van der Waals surface area (Å²) < 4.78 is 3.46. The molecule has 7 nitrogen and oxygen atoms in total. The van der Waals surface area contributed by atoms with Crippen LogP contribution in [0.15, 0.2) is 35.4 Å². The van der Waals surface area contributed by atoms with E-state index in [1.807, 2.05) is 11.6 Å².